The summed E-state index contributed by atoms with van der Waals surface area (Å²) < 4.78 is 25.9. The number of carbonyl (C=O) groups is 1. The zero-order chi connectivity index (χ0) is 27.2. The van der Waals surface area contributed by atoms with Crippen LogP contribution < -0.4 is 20.3 Å². The maximum Gasteiger partial charge on any atom is 0.282 e. The summed E-state index contributed by atoms with van der Waals surface area (Å²) in [5.41, 5.74) is 1.71. The first-order chi connectivity index (χ1) is 19.0. The molecule has 9 heteroatoms. The Bertz CT molecular complexity index is 1740. The minimum atomic E-state index is -0.490. The lowest BCUT2D eigenvalue weighted by molar-refractivity contribution is -0.118. The van der Waals surface area contributed by atoms with Crippen LogP contribution in [0.5, 0.6) is 11.5 Å². The average molecular weight is 523 g/mol. The Hall–Kier alpha value is -5.31. The number of benzene rings is 4. The monoisotopic (exact) mass is 522 g/mol. The van der Waals surface area contributed by atoms with Crippen molar-refractivity contribution in [1.82, 2.24) is 9.66 Å². The fourth-order valence-corrected chi connectivity index (χ4v) is 3.98. The molecule has 0 atom stereocenters. The summed E-state index contributed by atoms with van der Waals surface area (Å²) in [6.45, 7) is -0.371. The second kappa shape index (κ2) is 11.4. The molecule has 39 heavy (non-hydrogen) atoms. The second-order valence-corrected chi connectivity index (χ2v) is 8.41. The van der Waals surface area contributed by atoms with Crippen LogP contribution in [0.4, 0.5) is 10.1 Å². The molecule has 0 saturated heterocycles. The van der Waals surface area contributed by atoms with Gasteiger partial charge in [0.15, 0.2) is 23.9 Å². The largest absolute Gasteiger partial charge is 0.493 e. The predicted octanol–water partition coefficient (Wildman–Crippen LogP) is 5.11. The van der Waals surface area contributed by atoms with Crippen LogP contribution in [0.1, 0.15) is 5.56 Å². The van der Waals surface area contributed by atoms with E-state index in [4.69, 9.17) is 14.5 Å². The molecule has 0 unspecified atom stereocenters. The van der Waals surface area contributed by atoms with Crippen molar-refractivity contribution in [2.45, 2.75) is 0 Å². The van der Waals surface area contributed by atoms with Gasteiger partial charge in [0.05, 0.1) is 24.2 Å². The summed E-state index contributed by atoms with van der Waals surface area (Å²) in [6, 6.07) is 27.0. The number of anilines is 1. The third kappa shape index (κ3) is 5.67. The van der Waals surface area contributed by atoms with Gasteiger partial charge in [-0.25, -0.2) is 9.37 Å². The third-order valence-electron chi connectivity index (χ3n) is 5.78. The first kappa shape index (κ1) is 25.3. The highest BCUT2D eigenvalue weighted by Crippen LogP contribution is 2.30. The van der Waals surface area contributed by atoms with Gasteiger partial charge >= 0.3 is 0 Å². The molecule has 1 N–H and O–H groups in total. The molecular formula is C30H23FN4O4. The molecule has 5 aromatic rings. The van der Waals surface area contributed by atoms with Crippen LogP contribution >= 0.6 is 0 Å². The number of carbonyl (C=O) groups excluding carboxylic acids is 1. The van der Waals surface area contributed by atoms with E-state index in [9.17, 15) is 14.0 Å². The van der Waals surface area contributed by atoms with E-state index in [0.29, 0.717) is 39.3 Å². The third-order valence-corrected chi connectivity index (χ3v) is 5.78. The molecular weight excluding hydrogens is 499 g/mol. The van der Waals surface area contributed by atoms with Crippen LogP contribution in [0.2, 0.25) is 0 Å². The van der Waals surface area contributed by atoms with Gasteiger partial charge in [0.2, 0.25) is 0 Å². The Morgan fingerprint density at radius 1 is 1.00 bits per heavy atom. The van der Waals surface area contributed by atoms with Gasteiger partial charge in [-0.1, -0.05) is 54.6 Å². The Labute approximate surface area is 223 Å². The van der Waals surface area contributed by atoms with E-state index in [1.807, 2.05) is 36.4 Å². The number of para-hydroxylation sites is 2. The molecule has 1 heterocycles. The zero-order valence-electron chi connectivity index (χ0n) is 20.9. The van der Waals surface area contributed by atoms with Crippen LogP contribution in [-0.4, -0.2) is 35.5 Å². The van der Waals surface area contributed by atoms with Crippen molar-refractivity contribution in [1.29, 1.82) is 0 Å². The number of methoxy groups -OCH3 is 1. The highest BCUT2D eigenvalue weighted by Gasteiger charge is 2.15. The summed E-state index contributed by atoms with van der Waals surface area (Å²) in [5.74, 6) is 0.0299. The highest BCUT2D eigenvalue weighted by atomic mass is 19.1. The Kier molecular flexibility index (Phi) is 7.40. The van der Waals surface area contributed by atoms with E-state index < -0.39 is 11.7 Å². The molecule has 8 nitrogen and oxygen atoms in total. The SMILES string of the molecule is COc1cccc(C=Nn2c(-c3ccccc3)nc3ccccc3c2=O)c1OCC(=O)Nc1cccc(F)c1. The van der Waals surface area contributed by atoms with E-state index in [0.717, 1.165) is 0 Å². The maximum atomic E-state index is 13.5. The molecule has 0 saturated carbocycles. The highest BCUT2D eigenvalue weighted by molar-refractivity contribution is 5.92. The number of nitrogens with zero attached hydrogens (tertiary/aromatic N) is 3. The minimum absolute atomic E-state index is 0.251. The molecule has 4 aromatic carbocycles. The van der Waals surface area contributed by atoms with Crippen molar-refractivity contribution in [3.8, 4) is 22.9 Å². The Balaban J connectivity index is 1.49. The lowest BCUT2D eigenvalue weighted by Gasteiger charge is -2.14. The van der Waals surface area contributed by atoms with E-state index in [1.54, 1.807) is 42.5 Å². The van der Waals surface area contributed by atoms with E-state index in [-0.39, 0.29) is 17.9 Å². The van der Waals surface area contributed by atoms with Gasteiger partial charge in [-0.15, -0.1) is 0 Å². The molecule has 1 aromatic heterocycles. The first-order valence-corrected chi connectivity index (χ1v) is 12.0. The number of aromatic nitrogens is 2. The lowest BCUT2D eigenvalue weighted by atomic mass is 10.2. The van der Waals surface area contributed by atoms with Crippen molar-refractivity contribution in [2.75, 3.05) is 19.0 Å². The summed E-state index contributed by atoms with van der Waals surface area (Å²) in [5, 5.41) is 7.49. The van der Waals surface area contributed by atoms with Crippen molar-refractivity contribution in [3.63, 3.8) is 0 Å². The molecule has 194 valence electrons. The first-order valence-electron chi connectivity index (χ1n) is 12.0. The number of amides is 1. The molecule has 0 spiro atoms. The standard InChI is InChI=1S/C30H23FN4O4/c1-38-26-16-7-11-21(28(26)39-19-27(36)33-23-13-8-12-22(31)17-23)18-32-35-29(20-9-3-2-4-10-20)34-25-15-6-5-14-24(25)30(35)37/h2-18H,19H2,1H3,(H,33,36). The predicted molar refractivity (Wildman–Crippen MR) is 148 cm³/mol. The number of rotatable bonds is 8. The van der Waals surface area contributed by atoms with Crippen LogP contribution in [0.15, 0.2) is 107 Å². The van der Waals surface area contributed by atoms with Crippen molar-refractivity contribution in [3.05, 3.63) is 119 Å². The van der Waals surface area contributed by atoms with Gasteiger partial charge in [0.25, 0.3) is 11.5 Å². The van der Waals surface area contributed by atoms with E-state index in [2.05, 4.69) is 10.4 Å². The summed E-state index contributed by atoms with van der Waals surface area (Å²) >= 11 is 0. The molecule has 5 rings (SSSR count). The Morgan fingerprint density at radius 2 is 1.77 bits per heavy atom. The molecule has 0 aliphatic heterocycles. The molecule has 0 aliphatic carbocycles. The molecule has 0 radical (unpaired) electrons. The second-order valence-electron chi connectivity index (χ2n) is 8.41. The molecule has 0 bridgehead atoms. The van der Waals surface area contributed by atoms with Crippen LogP contribution in [-0.2, 0) is 4.79 Å². The number of fused-ring (bicyclic) bond motifs is 1. The van der Waals surface area contributed by atoms with E-state index in [1.165, 1.54) is 36.2 Å². The van der Waals surface area contributed by atoms with Gasteiger partial charge in [-0.3, -0.25) is 9.59 Å². The number of hydrogen-bond donors (Lipinski definition) is 1. The fourth-order valence-electron chi connectivity index (χ4n) is 3.98. The number of halogens is 1. The van der Waals surface area contributed by atoms with Gasteiger partial charge in [0, 0.05) is 16.8 Å². The average Bonchev–Trinajstić information content (AvgIpc) is 2.96. The van der Waals surface area contributed by atoms with Gasteiger partial charge in [0.1, 0.15) is 5.82 Å². The normalized spacial score (nSPS) is 11.0. The number of ether oxygens (including phenoxy) is 2. The minimum Gasteiger partial charge on any atom is -0.493 e. The van der Waals surface area contributed by atoms with Gasteiger partial charge < -0.3 is 14.8 Å². The van der Waals surface area contributed by atoms with Crippen LogP contribution in [0.3, 0.4) is 0 Å². The van der Waals surface area contributed by atoms with Crippen molar-refractivity contribution in [2.24, 2.45) is 5.10 Å². The lowest BCUT2D eigenvalue weighted by Crippen LogP contribution is -2.21. The van der Waals surface area contributed by atoms with Crippen molar-refractivity contribution >= 4 is 28.7 Å². The molecule has 0 fully saturated rings. The summed E-state index contributed by atoms with van der Waals surface area (Å²) in [6.07, 6.45) is 1.45. The number of nitrogens with one attached hydrogen (secondary N) is 1. The maximum absolute atomic E-state index is 13.5. The van der Waals surface area contributed by atoms with Crippen molar-refractivity contribution < 1.29 is 18.7 Å². The van der Waals surface area contributed by atoms with Crippen LogP contribution in [0, 0.1) is 5.82 Å². The van der Waals surface area contributed by atoms with Crippen LogP contribution in [0.25, 0.3) is 22.3 Å². The quantitative estimate of drug-likeness (QED) is 0.286. The molecule has 0 aliphatic rings. The zero-order valence-corrected chi connectivity index (χ0v) is 20.9. The van der Waals surface area contributed by atoms with Gasteiger partial charge in [-0.05, 0) is 42.5 Å². The summed E-state index contributed by atoms with van der Waals surface area (Å²) in [7, 11) is 1.47. The van der Waals surface area contributed by atoms with Gasteiger partial charge in [-0.2, -0.15) is 9.78 Å². The topological polar surface area (TPSA) is 94.8 Å². The molecule has 1 amide bonds. The number of hydrogen-bond acceptors (Lipinski definition) is 6. The fraction of sp³-hybridized carbons (Fsp3) is 0.0667. The van der Waals surface area contributed by atoms with E-state index >= 15 is 0 Å². The summed E-state index contributed by atoms with van der Waals surface area (Å²) in [4.78, 5) is 30.6. The smallest absolute Gasteiger partial charge is 0.282 e. The Morgan fingerprint density at radius 3 is 2.56 bits per heavy atom.